The van der Waals surface area contributed by atoms with Gasteiger partial charge in [0.25, 0.3) is 5.91 Å². The van der Waals surface area contributed by atoms with Gasteiger partial charge in [0.1, 0.15) is 5.84 Å². The molecule has 0 unspecified atom stereocenters. The Morgan fingerprint density at radius 2 is 2.20 bits per heavy atom. The van der Waals surface area contributed by atoms with Gasteiger partial charge in [-0.25, -0.2) is 0 Å². The number of hydrogen-bond donors (Lipinski definition) is 3. The van der Waals surface area contributed by atoms with Crippen LogP contribution in [0.25, 0.3) is 0 Å². The maximum absolute atomic E-state index is 11.5. The van der Waals surface area contributed by atoms with E-state index >= 15 is 0 Å². The van der Waals surface area contributed by atoms with E-state index in [2.05, 4.69) is 5.32 Å². The zero-order chi connectivity index (χ0) is 11.4. The number of allylic oxidation sites excluding steroid dienone is 1. The number of aliphatic hydroxyl groups excluding tert-OH is 1. The Bertz CT molecular complexity index is 403. The highest BCUT2D eigenvalue weighted by Crippen LogP contribution is 2.08. The molecule has 0 bridgehead atoms. The molecule has 0 atom stereocenters. The SMILES string of the molecule is CC(O)=C(C)C(=N)NC(=O)c1cccs1. The molecule has 0 aliphatic heterocycles. The Morgan fingerprint density at radius 3 is 2.67 bits per heavy atom. The summed E-state index contributed by atoms with van der Waals surface area (Å²) in [5.74, 6) is -0.365. The van der Waals surface area contributed by atoms with E-state index in [9.17, 15) is 4.79 Å². The summed E-state index contributed by atoms with van der Waals surface area (Å²) in [7, 11) is 0. The van der Waals surface area contributed by atoms with Crippen LogP contribution < -0.4 is 5.32 Å². The molecule has 1 rings (SSSR count). The lowest BCUT2D eigenvalue weighted by molar-refractivity contribution is 0.0981. The van der Waals surface area contributed by atoms with E-state index in [0.29, 0.717) is 10.5 Å². The third-order valence-electron chi connectivity index (χ3n) is 1.90. The number of thiophene rings is 1. The first kappa shape index (κ1) is 11.5. The summed E-state index contributed by atoms with van der Waals surface area (Å²) >= 11 is 1.31. The summed E-state index contributed by atoms with van der Waals surface area (Å²) in [5.41, 5.74) is 0.361. The maximum Gasteiger partial charge on any atom is 0.266 e. The van der Waals surface area contributed by atoms with Gasteiger partial charge in [0.2, 0.25) is 0 Å². The second kappa shape index (κ2) is 4.75. The van der Waals surface area contributed by atoms with Crippen LogP contribution in [0, 0.1) is 5.41 Å². The van der Waals surface area contributed by atoms with Crippen LogP contribution in [0.3, 0.4) is 0 Å². The Labute approximate surface area is 91.8 Å². The van der Waals surface area contributed by atoms with Gasteiger partial charge in [-0.1, -0.05) is 6.07 Å². The lowest BCUT2D eigenvalue weighted by Gasteiger charge is -2.06. The van der Waals surface area contributed by atoms with E-state index in [0.717, 1.165) is 0 Å². The average Bonchev–Trinajstić information content (AvgIpc) is 2.68. The molecule has 15 heavy (non-hydrogen) atoms. The van der Waals surface area contributed by atoms with E-state index < -0.39 is 0 Å². The first-order chi connectivity index (χ1) is 7.02. The second-order valence-electron chi connectivity index (χ2n) is 3.02. The average molecular weight is 224 g/mol. The van der Waals surface area contributed by atoms with Gasteiger partial charge in [0.05, 0.1) is 10.6 Å². The van der Waals surface area contributed by atoms with Gasteiger partial charge >= 0.3 is 0 Å². The van der Waals surface area contributed by atoms with Crippen molar-refractivity contribution in [2.45, 2.75) is 13.8 Å². The van der Waals surface area contributed by atoms with Gasteiger partial charge in [-0.2, -0.15) is 0 Å². The highest BCUT2D eigenvalue weighted by atomic mass is 32.1. The lowest BCUT2D eigenvalue weighted by Crippen LogP contribution is -2.30. The van der Waals surface area contributed by atoms with Crippen molar-refractivity contribution in [2.75, 3.05) is 0 Å². The van der Waals surface area contributed by atoms with Crippen molar-refractivity contribution in [3.8, 4) is 0 Å². The van der Waals surface area contributed by atoms with Gasteiger partial charge in [0, 0.05) is 5.57 Å². The van der Waals surface area contributed by atoms with Crippen LogP contribution in [0.15, 0.2) is 28.8 Å². The first-order valence-electron chi connectivity index (χ1n) is 4.32. The summed E-state index contributed by atoms with van der Waals surface area (Å²) in [6, 6.07) is 3.45. The number of amidine groups is 1. The first-order valence-corrected chi connectivity index (χ1v) is 5.20. The monoisotopic (exact) mass is 224 g/mol. The second-order valence-corrected chi connectivity index (χ2v) is 3.96. The number of carbonyl (C=O) groups is 1. The standard InChI is InChI=1S/C10H12N2O2S/c1-6(7(2)13)9(11)12-10(14)8-4-3-5-15-8/h3-5,13H,1-2H3,(H2,11,12,14). The predicted molar refractivity (Wildman–Crippen MR) is 60.5 cm³/mol. The summed E-state index contributed by atoms with van der Waals surface area (Å²) in [6.07, 6.45) is 0. The molecule has 1 heterocycles. The lowest BCUT2D eigenvalue weighted by atomic mass is 10.2. The van der Waals surface area contributed by atoms with Crippen molar-refractivity contribution in [2.24, 2.45) is 0 Å². The topological polar surface area (TPSA) is 73.2 Å². The molecule has 1 aromatic heterocycles. The van der Waals surface area contributed by atoms with Crippen LogP contribution in [-0.4, -0.2) is 16.8 Å². The zero-order valence-corrected chi connectivity index (χ0v) is 9.31. The molecule has 0 aliphatic rings. The summed E-state index contributed by atoms with van der Waals surface area (Å²) in [4.78, 5) is 12.0. The van der Waals surface area contributed by atoms with Crippen molar-refractivity contribution in [1.82, 2.24) is 5.32 Å². The van der Waals surface area contributed by atoms with E-state index in [1.165, 1.54) is 18.3 Å². The molecule has 0 fully saturated rings. The normalized spacial score (nSPS) is 11.9. The van der Waals surface area contributed by atoms with E-state index in [-0.39, 0.29) is 17.5 Å². The Balaban J connectivity index is 2.69. The molecule has 0 aromatic carbocycles. The van der Waals surface area contributed by atoms with Crippen molar-refractivity contribution in [1.29, 1.82) is 5.41 Å². The summed E-state index contributed by atoms with van der Waals surface area (Å²) in [5, 5.41) is 20.8. The maximum atomic E-state index is 11.5. The predicted octanol–water partition coefficient (Wildman–Crippen LogP) is 2.31. The third kappa shape index (κ3) is 2.92. The van der Waals surface area contributed by atoms with Gasteiger partial charge in [-0.3, -0.25) is 10.2 Å². The Kier molecular flexibility index (Phi) is 3.62. The molecular weight excluding hydrogens is 212 g/mol. The highest BCUT2D eigenvalue weighted by Gasteiger charge is 2.10. The van der Waals surface area contributed by atoms with Crippen LogP contribution in [0.4, 0.5) is 0 Å². The van der Waals surface area contributed by atoms with Crippen LogP contribution in [0.2, 0.25) is 0 Å². The number of carbonyl (C=O) groups excluding carboxylic acids is 1. The number of nitrogens with one attached hydrogen (secondary N) is 2. The molecule has 5 heteroatoms. The molecule has 80 valence electrons. The molecule has 0 saturated carbocycles. The molecule has 0 saturated heterocycles. The van der Waals surface area contributed by atoms with Crippen LogP contribution in [0.1, 0.15) is 23.5 Å². The summed E-state index contributed by atoms with van der Waals surface area (Å²) in [6.45, 7) is 3.05. The molecule has 0 spiro atoms. The number of aliphatic hydroxyl groups is 1. The van der Waals surface area contributed by atoms with E-state index in [4.69, 9.17) is 10.5 Å². The van der Waals surface area contributed by atoms with Gasteiger partial charge in [-0.05, 0) is 25.3 Å². The van der Waals surface area contributed by atoms with Crippen LogP contribution >= 0.6 is 11.3 Å². The number of amides is 1. The van der Waals surface area contributed by atoms with E-state index in [1.807, 2.05) is 0 Å². The van der Waals surface area contributed by atoms with E-state index in [1.54, 1.807) is 24.4 Å². The fourth-order valence-corrected chi connectivity index (χ4v) is 1.48. The number of rotatable bonds is 2. The molecule has 1 aromatic rings. The molecular formula is C10H12N2O2S. The minimum atomic E-state index is -0.324. The van der Waals surface area contributed by atoms with Crippen molar-refractivity contribution >= 4 is 23.1 Å². The Morgan fingerprint density at radius 1 is 1.53 bits per heavy atom. The molecule has 0 aliphatic carbocycles. The largest absolute Gasteiger partial charge is 0.512 e. The van der Waals surface area contributed by atoms with Crippen molar-refractivity contribution in [3.63, 3.8) is 0 Å². The van der Waals surface area contributed by atoms with Crippen molar-refractivity contribution in [3.05, 3.63) is 33.7 Å². The van der Waals surface area contributed by atoms with Gasteiger partial charge in [-0.15, -0.1) is 11.3 Å². The molecule has 0 radical (unpaired) electrons. The highest BCUT2D eigenvalue weighted by molar-refractivity contribution is 7.12. The van der Waals surface area contributed by atoms with Crippen molar-refractivity contribution < 1.29 is 9.90 Å². The molecule has 4 nitrogen and oxygen atoms in total. The Hall–Kier alpha value is -1.62. The van der Waals surface area contributed by atoms with Gasteiger partial charge in [0.15, 0.2) is 0 Å². The summed E-state index contributed by atoms with van der Waals surface area (Å²) < 4.78 is 0. The zero-order valence-electron chi connectivity index (χ0n) is 8.50. The fourth-order valence-electron chi connectivity index (χ4n) is 0.858. The number of hydrogen-bond acceptors (Lipinski definition) is 4. The fraction of sp³-hybridized carbons (Fsp3) is 0.200. The molecule has 3 N–H and O–H groups in total. The van der Waals surface area contributed by atoms with Crippen LogP contribution in [-0.2, 0) is 0 Å². The minimum absolute atomic E-state index is 0.0338. The third-order valence-corrected chi connectivity index (χ3v) is 2.77. The van der Waals surface area contributed by atoms with Gasteiger partial charge < -0.3 is 10.4 Å². The smallest absolute Gasteiger partial charge is 0.266 e. The quantitative estimate of drug-likeness (QED) is 0.409. The minimum Gasteiger partial charge on any atom is -0.512 e. The van der Waals surface area contributed by atoms with Crippen LogP contribution in [0.5, 0.6) is 0 Å². The molecule has 1 amide bonds.